The van der Waals surface area contributed by atoms with Crippen LogP contribution < -0.4 is 10.1 Å². The highest BCUT2D eigenvalue weighted by atomic mass is 35.7. The summed E-state index contributed by atoms with van der Waals surface area (Å²) in [6.07, 6.45) is 0.243. The van der Waals surface area contributed by atoms with Gasteiger partial charge in [-0.15, -0.1) is 0 Å². The average molecular weight is 334 g/mol. The second kappa shape index (κ2) is 7.13. The number of carbonyl (C=O) groups is 1. The van der Waals surface area contributed by atoms with Gasteiger partial charge in [-0.1, -0.05) is 0 Å². The zero-order valence-corrected chi connectivity index (χ0v) is 14.1. The summed E-state index contributed by atoms with van der Waals surface area (Å²) in [5.41, 5.74) is 1.33. The third-order valence-corrected chi connectivity index (χ3v) is 4.07. The van der Waals surface area contributed by atoms with Crippen LogP contribution in [-0.4, -0.2) is 27.0 Å². The second-order valence-electron chi connectivity index (χ2n) is 5.14. The highest BCUT2D eigenvalue weighted by molar-refractivity contribution is 8.13. The van der Waals surface area contributed by atoms with Crippen molar-refractivity contribution in [3.05, 3.63) is 23.3 Å². The Morgan fingerprint density at radius 3 is 2.24 bits per heavy atom. The van der Waals surface area contributed by atoms with Gasteiger partial charge in [0, 0.05) is 16.7 Å². The molecule has 0 saturated carbocycles. The summed E-state index contributed by atoms with van der Waals surface area (Å²) in [5.74, 6) is 0.497. The van der Waals surface area contributed by atoms with E-state index in [-0.39, 0.29) is 29.9 Å². The van der Waals surface area contributed by atoms with Gasteiger partial charge in [0.25, 0.3) is 9.05 Å². The molecular weight excluding hydrogens is 314 g/mol. The Balaban J connectivity index is 2.75. The molecule has 0 heterocycles. The molecule has 21 heavy (non-hydrogen) atoms. The highest BCUT2D eigenvalue weighted by Gasteiger charge is 2.15. The van der Waals surface area contributed by atoms with Gasteiger partial charge in [-0.05, 0) is 51.0 Å². The number of amides is 1. The molecule has 0 aliphatic carbocycles. The van der Waals surface area contributed by atoms with Gasteiger partial charge in [0.15, 0.2) is 0 Å². The van der Waals surface area contributed by atoms with Crippen LogP contribution in [0, 0.1) is 13.8 Å². The molecule has 0 aliphatic heterocycles. The summed E-state index contributed by atoms with van der Waals surface area (Å²) in [5, 5.41) is 2.77. The summed E-state index contributed by atoms with van der Waals surface area (Å²) in [6.45, 7) is 7.48. The third-order valence-electron chi connectivity index (χ3n) is 2.74. The van der Waals surface area contributed by atoms with Crippen molar-refractivity contribution in [2.24, 2.45) is 0 Å². The number of nitrogens with one attached hydrogen (secondary N) is 1. The third kappa shape index (κ3) is 5.55. The predicted octanol–water partition coefficient (Wildman–Crippen LogP) is 2.52. The minimum absolute atomic E-state index is 0.0454. The molecule has 1 N–H and O–H groups in total. The van der Waals surface area contributed by atoms with Crippen LogP contribution in [0.1, 0.15) is 31.4 Å². The number of ether oxygens (including phenoxy) is 1. The van der Waals surface area contributed by atoms with Crippen LogP contribution in [0.4, 0.5) is 0 Å². The first kappa shape index (κ1) is 17.8. The lowest BCUT2D eigenvalue weighted by Crippen LogP contribution is -2.31. The van der Waals surface area contributed by atoms with E-state index in [4.69, 9.17) is 15.4 Å². The lowest BCUT2D eigenvalue weighted by atomic mass is 10.1. The largest absolute Gasteiger partial charge is 0.493 e. The van der Waals surface area contributed by atoms with Crippen molar-refractivity contribution >= 4 is 25.6 Å². The SMILES string of the molecule is Cc1cc(S(=O)(=O)Cl)cc(C)c1OCCC(=O)NC(C)C. The quantitative estimate of drug-likeness (QED) is 0.812. The molecule has 7 heteroatoms. The molecule has 118 valence electrons. The van der Waals surface area contributed by atoms with Crippen molar-refractivity contribution < 1.29 is 17.9 Å². The van der Waals surface area contributed by atoms with Crippen LogP contribution in [0.15, 0.2) is 17.0 Å². The van der Waals surface area contributed by atoms with Gasteiger partial charge in [0.2, 0.25) is 5.91 Å². The number of carbonyl (C=O) groups excluding carboxylic acids is 1. The average Bonchev–Trinajstić information content (AvgIpc) is 2.30. The van der Waals surface area contributed by atoms with Gasteiger partial charge >= 0.3 is 0 Å². The first-order valence-corrected chi connectivity index (χ1v) is 8.90. The van der Waals surface area contributed by atoms with Crippen molar-refractivity contribution in [1.82, 2.24) is 5.32 Å². The number of benzene rings is 1. The molecule has 0 spiro atoms. The molecule has 0 aromatic heterocycles. The molecule has 1 amide bonds. The summed E-state index contributed by atoms with van der Waals surface area (Å²) < 4.78 is 28.2. The Morgan fingerprint density at radius 1 is 1.29 bits per heavy atom. The van der Waals surface area contributed by atoms with E-state index >= 15 is 0 Å². The maximum Gasteiger partial charge on any atom is 0.261 e. The van der Waals surface area contributed by atoms with E-state index < -0.39 is 9.05 Å². The van der Waals surface area contributed by atoms with E-state index in [0.29, 0.717) is 16.9 Å². The van der Waals surface area contributed by atoms with Crippen molar-refractivity contribution in [1.29, 1.82) is 0 Å². The molecule has 0 aliphatic rings. The molecule has 1 aromatic rings. The predicted molar refractivity (Wildman–Crippen MR) is 82.3 cm³/mol. The molecule has 5 nitrogen and oxygen atoms in total. The summed E-state index contributed by atoms with van der Waals surface area (Å²) in [7, 11) is 1.57. The smallest absolute Gasteiger partial charge is 0.261 e. The zero-order chi connectivity index (χ0) is 16.2. The van der Waals surface area contributed by atoms with Crippen LogP contribution in [0.3, 0.4) is 0 Å². The van der Waals surface area contributed by atoms with E-state index in [0.717, 1.165) is 0 Å². The zero-order valence-electron chi connectivity index (χ0n) is 12.6. The fourth-order valence-electron chi connectivity index (χ4n) is 1.92. The number of halogens is 1. The fourth-order valence-corrected chi connectivity index (χ4v) is 2.82. The molecule has 0 fully saturated rings. The Kier molecular flexibility index (Phi) is 6.04. The maximum absolute atomic E-state index is 11.5. The summed E-state index contributed by atoms with van der Waals surface area (Å²) in [4.78, 5) is 11.6. The lowest BCUT2D eigenvalue weighted by molar-refractivity contribution is -0.122. The minimum atomic E-state index is -3.76. The molecule has 0 bridgehead atoms. The van der Waals surface area contributed by atoms with Crippen molar-refractivity contribution in [2.75, 3.05) is 6.61 Å². The van der Waals surface area contributed by atoms with Crippen LogP contribution in [-0.2, 0) is 13.8 Å². The standard InChI is InChI=1S/C14H20ClNO4S/c1-9(2)16-13(17)5-6-20-14-10(3)7-12(8-11(14)4)21(15,18)19/h7-9H,5-6H2,1-4H3,(H,16,17). The van der Waals surface area contributed by atoms with Gasteiger partial charge in [0.05, 0.1) is 17.9 Å². The van der Waals surface area contributed by atoms with Crippen molar-refractivity contribution in [3.8, 4) is 5.75 Å². The van der Waals surface area contributed by atoms with E-state index in [1.807, 2.05) is 13.8 Å². The Hall–Kier alpha value is -1.27. The van der Waals surface area contributed by atoms with Gasteiger partial charge in [-0.25, -0.2) is 8.42 Å². The molecule has 0 saturated heterocycles. The molecule has 0 atom stereocenters. The van der Waals surface area contributed by atoms with E-state index in [2.05, 4.69) is 5.32 Å². The number of hydrogen-bond donors (Lipinski definition) is 1. The van der Waals surface area contributed by atoms with Gasteiger partial charge in [-0.3, -0.25) is 4.79 Å². The maximum atomic E-state index is 11.5. The number of hydrogen-bond acceptors (Lipinski definition) is 4. The van der Waals surface area contributed by atoms with Gasteiger partial charge < -0.3 is 10.1 Å². The fraction of sp³-hybridized carbons (Fsp3) is 0.500. The number of aryl methyl sites for hydroxylation is 2. The van der Waals surface area contributed by atoms with Crippen LogP contribution in [0.5, 0.6) is 5.75 Å². The minimum Gasteiger partial charge on any atom is -0.493 e. The van der Waals surface area contributed by atoms with Gasteiger partial charge in [-0.2, -0.15) is 0 Å². The summed E-state index contributed by atoms with van der Waals surface area (Å²) >= 11 is 0. The Morgan fingerprint density at radius 2 is 1.81 bits per heavy atom. The summed E-state index contributed by atoms with van der Waals surface area (Å²) in [6, 6.07) is 3.01. The first-order chi connectivity index (χ1) is 9.61. The first-order valence-electron chi connectivity index (χ1n) is 6.59. The molecule has 0 radical (unpaired) electrons. The van der Waals surface area contributed by atoms with Crippen molar-refractivity contribution in [2.45, 2.75) is 45.1 Å². The normalized spacial score (nSPS) is 11.5. The van der Waals surface area contributed by atoms with Crippen molar-refractivity contribution in [3.63, 3.8) is 0 Å². The molecule has 0 unspecified atom stereocenters. The lowest BCUT2D eigenvalue weighted by Gasteiger charge is -2.14. The van der Waals surface area contributed by atoms with Gasteiger partial charge in [0.1, 0.15) is 5.75 Å². The second-order valence-corrected chi connectivity index (χ2v) is 7.71. The monoisotopic (exact) mass is 333 g/mol. The van der Waals surface area contributed by atoms with E-state index in [1.165, 1.54) is 12.1 Å². The van der Waals surface area contributed by atoms with E-state index in [9.17, 15) is 13.2 Å². The Labute approximate surface area is 130 Å². The number of rotatable bonds is 6. The molecular formula is C14H20ClNO4S. The molecule has 1 aromatic carbocycles. The highest BCUT2D eigenvalue weighted by Crippen LogP contribution is 2.28. The van der Waals surface area contributed by atoms with Crippen LogP contribution in [0.2, 0.25) is 0 Å². The molecule has 1 rings (SSSR count). The Bertz CT molecular complexity index is 603. The topological polar surface area (TPSA) is 72.5 Å². The van der Waals surface area contributed by atoms with E-state index in [1.54, 1.807) is 13.8 Å². The van der Waals surface area contributed by atoms with Crippen LogP contribution >= 0.6 is 10.7 Å². The van der Waals surface area contributed by atoms with Crippen LogP contribution in [0.25, 0.3) is 0 Å².